The lowest BCUT2D eigenvalue weighted by Crippen LogP contribution is -2.59. The Labute approximate surface area is 148 Å². The third-order valence-corrected chi connectivity index (χ3v) is 3.55. The number of rotatable bonds is 12. The fraction of sp³-hybridized carbons (Fsp3) is 0.800. The number of carbonyl (C=O) groups is 2. The van der Waals surface area contributed by atoms with E-state index >= 15 is 0 Å². The average molecular weight is 329 g/mol. The van der Waals surface area contributed by atoms with Gasteiger partial charge in [0, 0.05) is 6.42 Å². The summed E-state index contributed by atoms with van der Waals surface area (Å²) in [4.78, 5) is 23.3. The van der Waals surface area contributed by atoms with E-state index in [1.807, 2.05) is 0 Å². The van der Waals surface area contributed by atoms with Crippen molar-refractivity contribution in [2.75, 3.05) is 6.54 Å². The van der Waals surface area contributed by atoms with Gasteiger partial charge in [0.1, 0.15) is 6.54 Å². The Bertz CT molecular complexity index is 415. The van der Waals surface area contributed by atoms with Gasteiger partial charge in [-0.15, -0.1) is 0 Å². The number of guanidine groups is 1. The molecule has 6 nitrogen and oxygen atoms in total. The maximum Gasteiger partial charge on any atom is 0.323 e. The zero-order valence-electron chi connectivity index (χ0n) is 14.5. The molecule has 1 amide bonds. The molecule has 0 heterocycles. The molecule has 0 aromatic carbocycles. The lowest BCUT2D eigenvalue weighted by atomic mass is 9.48. The van der Waals surface area contributed by atoms with E-state index in [2.05, 4.69) is 12.2 Å². The Balaban J connectivity index is 4.03. The molecule has 0 atom stereocenters. The SMILES string of the molecule is [B]C([B])([B])N(CC(=O)O)C(=N)NC(=O)CCCCCCCCCC. The fourth-order valence-corrected chi connectivity index (χ4v) is 2.23. The first-order valence-electron chi connectivity index (χ1n) is 8.43. The normalized spacial score (nSPS) is 11.0. The van der Waals surface area contributed by atoms with Crippen LogP contribution in [0.15, 0.2) is 0 Å². The summed E-state index contributed by atoms with van der Waals surface area (Å²) in [5, 5.41) is 16.8. The van der Waals surface area contributed by atoms with Gasteiger partial charge in [-0.25, -0.2) is 0 Å². The molecule has 3 N–H and O–H groups in total. The van der Waals surface area contributed by atoms with E-state index in [1.165, 1.54) is 32.1 Å². The summed E-state index contributed by atoms with van der Waals surface area (Å²) in [5.74, 6) is -2.16. The maximum absolute atomic E-state index is 11.8. The number of amides is 1. The first-order valence-corrected chi connectivity index (χ1v) is 8.43. The molecule has 0 aliphatic heterocycles. The summed E-state index contributed by atoms with van der Waals surface area (Å²) in [6.45, 7) is 1.50. The van der Waals surface area contributed by atoms with Crippen molar-refractivity contribution in [2.45, 2.75) is 69.9 Å². The standard InChI is InChI=1S/C15H26B3N3O3/c1-2-3-4-5-6-7-8-9-10-12(22)20-14(19)21(11-13(23)24)15(16,17)18/h2-11H2,1H3,(H,23,24)(H2,19,20,22). The average Bonchev–Trinajstić information content (AvgIpc) is 2.46. The van der Waals surface area contributed by atoms with Gasteiger partial charge < -0.3 is 10.0 Å². The number of nitrogens with zero attached hydrogens (tertiary/aromatic N) is 1. The van der Waals surface area contributed by atoms with Gasteiger partial charge in [0.05, 0.1) is 23.5 Å². The van der Waals surface area contributed by atoms with E-state index in [-0.39, 0.29) is 12.3 Å². The minimum Gasteiger partial charge on any atom is -0.480 e. The third kappa shape index (κ3) is 11.2. The summed E-state index contributed by atoms with van der Waals surface area (Å²) in [6, 6.07) is 0. The zero-order valence-corrected chi connectivity index (χ0v) is 14.5. The van der Waals surface area contributed by atoms with E-state index < -0.39 is 23.7 Å². The maximum atomic E-state index is 11.8. The summed E-state index contributed by atoms with van der Waals surface area (Å²) < 4.78 is 0. The Morgan fingerprint density at radius 2 is 1.54 bits per heavy atom. The van der Waals surface area contributed by atoms with E-state index in [0.29, 0.717) is 11.3 Å². The second-order valence-electron chi connectivity index (χ2n) is 5.99. The van der Waals surface area contributed by atoms with Crippen LogP contribution in [-0.2, 0) is 9.59 Å². The van der Waals surface area contributed by atoms with Crippen LogP contribution in [0.3, 0.4) is 0 Å². The summed E-state index contributed by atoms with van der Waals surface area (Å²) >= 11 is 0. The topological polar surface area (TPSA) is 93.5 Å². The third-order valence-electron chi connectivity index (χ3n) is 3.55. The summed E-state index contributed by atoms with van der Waals surface area (Å²) in [6.07, 6.45) is 9.13. The molecular formula is C15H26B3N3O3. The number of nitrogens with one attached hydrogen (secondary N) is 2. The first-order chi connectivity index (χ1) is 11.2. The van der Waals surface area contributed by atoms with Crippen molar-refractivity contribution in [1.82, 2.24) is 10.2 Å². The smallest absolute Gasteiger partial charge is 0.323 e. The number of carbonyl (C=O) groups excluding carboxylic acids is 1. The molecule has 0 spiro atoms. The van der Waals surface area contributed by atoms with Gasteiger partial charge in [-0.2, -0.15) is 0 Å². The molecule has 0 aliphatic rings. The van der Waals surface area contributed by atoms with E-state index in [0.717, 1.165) is 12.8 Å². The monoisotopic (exact) mass is 329 g/mol. The minimum atomic E-state index is -2.04. The van der Waals surface area contributed by atoms with E-state index in [4.69, 9.17) is 34.1 Å². The molecule has 9 heteroatoms. The van der Waals surface area contributed by atoms with Gasteiger partial charge in [-0.1, -0.05) is 57.1 Å². The second-order valence-corrected chi connectivity index (χ2v) is 5.99. The lowest BCUT2D eigenvalue weighted by molar-refractivity contribution is -0.137. The van der Waals surface area contributed by atoms with Gasteiger partial charge >= 0.3 is 5.97 Å². The number of hydrogen-bond donors (Lipinski definition) is 3. The van der Waals surface area contributed by atoms with Crippen LogP contribution in [0, 0.1) is 5.41 Å². The quantitative estimate of drug-likeness (QED) is 0.216. The van der Waals surface area contributed by atoms with Crippen molar-refractivity contribution in [3.63, 3.8) is 0 Å². The van der Waals surface area contributed by atoms with Crippen molar-refractivity contribution in [2.24, 2.45) is 0 Å². The molecule has 0 bridgehead atoms. The highest BCUT2D eigenvalue weighted by molar-refractivity contribution is 6.59. The van der Waals surface area contributed by atoms with Gasteiger partial charge in [0.15, 0.2) is 5.96 Å². The van der Waals surface area contributed by atoms with Gasteiger partial charge in [0.2, 0.25) is 5.91 Å². The molecule has 0 aromatic heterocycles. The summed E-state index contributed by atoms with van der Waals surface area (Å²) in [7, 11) is 16.3. The number of unbranched alkanes of at least 4 members (excludes halogenated alkanes) is 7. The van der Waals surface area contributed by atoms with Crippen LogP contribution >= 0.6 is 0 Å². The number of carboxylic acids is 1. The highest BCUT2D eigenvalue weighted by atomic mass is 16.4. The van der Waals surface area contributed by atoms with Crippen LogP contribution in [0.25, 0.3) is 0 Å². The Hall–Kier alpha value is -1.40. The largest absolute Gasteiger partial charge is 0.480 e. The second kappa shape index (κ2) is 12.0. The number of carboxylic acid groups (broad SMARTS) is 1. The molecule has 0 aromatic rings. The van der Waals surface area contributed by atoms with Crippen LogP contribution < -0.4 is 5.32 Å². The molecular weight excluding hydrogens is 303 g/mol. The van der Waals surface area contributed by atoms with E-state index in [9.17, 15) is 9.59 Å². The molecule has 0 aliphatic carbocycles. The highest BCUT2D eigenvalue weighted by Crippen LogP contribution is 2.09. The molecule has 6 radical (unpaired) electrons. The highest BCUT2D eigenvalue weighted by Gasteiger charge is 2.25. The Morgan fingerprint density at radius 3 is 2.00 bits per heavy atom. The zero-order chi connectivity index (χ0) is 18.6. The fourth-order valence-electron chi connectivity index (χ4n) is 2.23. The molecule has 0 fully saturated rings. The molecule has 128 valence electrons. The Morgan fingerprint density at radius 1 is 1.04 bits per heavy atom. The number of aliphatic carboxylic acids is 1. The molecule has 24 heavy (non-hydrogen) atoms. The molecule has 0 unspecified atom stereocenters. The molecule has 0 saturated carbocycles. The van der Waals surface area contributed by atoms with Crippen LogP contribution in [0.4, 0.5) is 0 Å². The lowest BCUT2D eigenvalue weighted by Gasteiger charge is -2.37. The van der Waals surface area contributed by atoms with Crippen LogP contribution in [0.5, 0.6) is 0 Å². The summed E-state index contributed by atoms with van der Waals surface area (Å²) in [5.41, 5.74) is 0. The number of hydrogen-bond acceptors (Lipinski definition) is 3. The van der Waals surface area contributed by atoms with Crippen LogP contribution in [0.1, 0.15) is 64.7 Å². The van der Waals surface area contributed by atoms with Crippen LogP contribution in [-0.4, -0.2) is 63.2 Å². The Kier molecular flexibility index (Phi) is 11.3. The predicted octanol–water partition coefficient (Wildman–Crippen LogP) is 1.07. The van der Waals surface area contributed by atoms with Crippen molar-refractivity contribution >= 4 is 41.4 Å². The van der Waals surface area contributed by atoms with E-state index in [1.54, 1.807) is 0 Å². The van der Waals surface area contributed by atoms with Crippen molar-refractivity contribution in [3.05, 3.63) is 0 Å². The molecule has 0 rings (SSSR count). The van der Waals surface area contributed by atoms with Gasteiger partial charge in [-0.3, -0.25) is 20.3 Å². The van der Waals surface area contributed by atoms with Crippen molar-refractivity contribution in [3.8, 4) is 0 Å². The van der Waals surface area contributed by atoms with Gasteiger partial charge in [-0.05, 0) is 6.42 Å². The predicted molar refractivity (Wildman–Crippen MR) is 97.4 cm³/mol. The van der Waals surface area contributed by atoms with Gasteiger partial charge in [0.25, 0.3) is 0 Å². The minimum absolute atomic E-state index is 0.255. The first kappa shape index (κ1) is 22.6. The van der Waals surface area contributed by atoms with Crippen LogP contribution in [0.2, 0.25) is 0 Å². The molecule has 0 saturated heterocycles. The van der Waals surface area contributed by atoms with Crippen molar-refractivity contribution < 1.29 is 14.7 Å². The van der Waals surface area contributed by atoms with Crippen molar-refractivity contribution in [1.29, 1.82) is 5.41 Å².